The molecular weight excluding hydrogens is 528 g/mol. The number of Topliss-reactive ketones (excluding diaryl/α,β-unsaturated/α-hetero) is 1. The zero-order chi connectivity index (χ0) is 30.6. The first kappa shape index (κ1) is 29.4. The van der Waals surface area contributed by atoms with Gasteiger partial charge in [-0.3, -0.25) is 9.59 Å². The smallest absolute Gasteiger partial charge is 0.224 e. The third-order valence-corrected chi connectivity index (χ3v) is 8.27. The number of aryl methyl sites for hydroxylation is 1. The van der Waals surface area contributed by atoms with Gasteiger partial charge in [0.1, 0.15) is 11.5 Å². The van der Waals surface area contributed by atoms with Crippen LogP contribution in [0.15, 0.2) is 54.6 Å². The van der Waals surface area contributed by atoms with Crippen LogP contribution < -0.4 is 10.6 Å². The molecule has 1 heterocycles. The van der Waals surface area contributed by atoms with Crippen molar-refractivity contribution in [2.45, 2.75) is 77.4 Å². The summed E-state index contributed by atoms with van der Waals surface area (Å²) in [5.74, 6) is -0.990. The number of para-hydroxylation sites is 1. The maximum absolute atomic E-state index is 13.2. The molecule has 3 aromatic carbocycles. The topological polar surface area (TPSA) is 119 Å². The van der Waals surface area contributed by atoms with E-state index in [-0.39, 0.29) is 40.3 Å². The summed E-state index contributed by atoms with van der Waals surface area (Å²) in [7, 11) is 0. The number of anilines is 2. The number of aliphatic hydroxyl groups excluding tert-OH is 1. The van der Waals surface area contributed by atoms with Crippen molar-refractivity contribution in [3.8, 4) is 11.5 Å². The lowest BCUT2D eigenvalue weighted by Crippen LogP contribution is -2.35. The number of carbonyl (C=O) groups excluding carboxylic acids is 2. The van der Waals surface area contributed by atoms with Crippen LogP contribution in [0, 0.1) is 5.92 Å². The molecule has 0 bridgehead atoms. The molecule has 5 N–H and O–H groups in total. The molecule has 1 aliphatic carbocycles. The molecule has 0 aromatic heterocycles. The van der Waals surface area contributed by atoms with Crippen LogP contribution >= 0.6 is 0 Å². The fourth-order valence-electron chi connectivity index (χ4n) is 6.00. The SMILES string of the molecule is CC(C)(C)c1cc(CCC(=O)Nc2cccc3c2NC(C2C(=O)c4cccc(O)c4C2O)C=C3)cc(C(C)(C)C)c1O. The van der Waals surface area contributed by atoms with Crippen LogP contribution in [0.4, 0.5) is 11.4 Å². The Labute approximate surface area is 247 Å². The van der Waals surface area contributed by atoms with Crippen molar-refractivity contribution < 1.29 is 24.9 Å². The number of carbonyl (C=O) groups is 2. The second-order valence-corrected chi connectivity index (χ2v) is 13.5. The normalized spacial score (nSPS) is 19.7. The van der Waals surface area contributed by atoms with Gasteiger partial charge in [0.15, 0.2) is 5.78 Å². The zero-order valence-corrected chi connectivity index (χ0v) is 25.1. The van der Waals surface area contributed by atoms with Crippen LogP contribution in [-0.2, 0) is 22.0 Å². The van der Waals surface area contributed by atoms with E-state index in [1.165, 1.54) is 6.07 Å². The van der Waals surface area contributed by atoms with Crippen molar-refractivity contribution in [3.63, 3.8) is 0 Å². The minimum absolute atomic E-state index is 0.0955. The van der Waals surface area contributed by atoms with Crippen molar-refractivity contribution in [2.75, 3.05) is 10.6 Å². The maximum Gasteiger partial charge on any atom is 0.224 e. The molecule has 1 amide bonds. The van der Waals surface area contributed by atoms with Crippen LogP contribution in [0.5, 0.6) is 11.5 Å². The number of ketones is 1. The largest absolute Gasteiger partial charge is 0.508 e. The van der Waals surface area contributed by atoms with Crippen LogP contribution in [0.1, 0.15) is 92.2 Å². The van der Waals surface area contributed by atoms with Gasteiger partial charge in [-0.15, -0.1) is 0 Å². The number of benzene rings is 3. The van der Waals surface area contributed by atoms with Crippen molar-refractivity contribution in [1.29, 1.82) is 0 Å². The number of rotatable bonds is 5. The van der Waals surface area contributed by atoms with Crippen molar-refractivity contribution in [1.82, 2.24) is 0 Å². The monoisotopic (exact) mass is 568 g/mol. The number of phenols is 2. The Morgan fingerprint density at radius 2 is 1.60 bits per heavy atom. The first-order chi connectivity index (χ1) is 19.7. The summed E-state index contributed by atoms with van der Waals surface area (Å²) in [6, 6.07) is 13.7. The van der Waals surface area contributed by atoms with Gasteiger partial charge in [0.2, 0.25) is 5.91 Å². The van der Waals surface area contributed by atoms with Crippen molar-refractivity contribution in [3.05, 3.63) is 88.0 Å². The molecule has 220 valence electrons. The lowest BCUT2D eigenvalue weighted by atomic mass is 9.78. The van der Waals surface area contributed by atoms with Crippen molar-refractivity contribution in [2.24, 2.45) is 5.92 Å². The molecule has 2 aliphatic rings. The Morgan fingerprint density at radius 1 is 0.952 bits per heavy atom. The fraction of sp³-hybridized carbons (Fsp3) is 0.371. The lowest BCUT2D eigenvalue weighted by molar-refractivity contribution is -0.116. The summed E-state index contributed by atoms with van der Waals surface area (Å²) in [6.07, 6.45) is 3.32. The molecule has 3 unspecified atom stereocenters. The summed E-state index contributed by atoms with van der Waals surface area (Å²) < 4.78 is 0. The van der Waals surface area contributed by atoms with E-state index in [9.17, 15) is 24.9 Å². The molecule has 0 radical (unpaired) electrons. The Morgan fingerprint density at radius 3 is 2.21 bits per heavy atom. The zero-order valence-electron chi connectivity index (χ0n) is 25.1. The van der Waals surface area contributed by atoms with E-state index in [4.69, 9.17) is 0 Å². The molecule has 7 heteroatoms. The van der Waals surface area contributed by atoms with Gasteiger partial charge in [0.05, 0.1) is 29.4 Å². The molecule has 3 atom stereocenters. The Balaban J connectivity index is 1.33. The average molecular weight is 569 g/mol. The standard InChI is InChI=1S/C35H40N2O5/c1-34(2,3)22-17-19(18-23(32(22)41)35(4,5)6)13-16-27(39)36-25-11-7-9-20-14-15-24(37-30(20)25)29-31(40)21-10-8-12-26(38)28(21)33(29)42/h7-12,14-15,17-18,24,29,33,37-38,41-42H,13,16H2,1-6H3,(H,36,39). The molecule has 1 aliphatic heterocycles. The van der Waals surface area contributed by atoms with E-state index < -0.39 is 18.1 Å². The molecule has 0 spiro atoms. The fourth-order valence-corrected chi connectivity index (χ4v) is 6.00. The number of phenolic OH excluding ortho intramolecular Hbond substituents is 2. The van der Waals surface area contributed by atoms with Gasteiger partial charge in [0, 0.05) is 17.5 Å². The maximum atomic E-state index is 13.2. The third-order valence-electron chi connectivity index (χ3n) is 8.27. The first-order valence-corrected chi connectivity index (χ1v) is 14.5. The van der Waals surface area contributed by atoms with Crippen molar-refractivity contribution >= 4 is 29.1 Å². The van der Waals surface area contributed by atoms with Crippen LogP contribution in [0.3, 0.4) is 0 Å². The number of hydrogen-bond donors (Lipinski definition) is 5. The summed E-state index contributed by atoms with van der Waals surface area (Å²) in [6.45, 7) is 12.4. The van der Waals surface area contributed by atoms with Gasteiger partial charge < -0.3 is 26.0 Å². The minimum Gasteiger partial charge on any atom is -0.508 e. The van der Waals surface area contributed by atoms with E-state index in [1.54, 1.807) is 12.1 Å². The minimum atomic E-state index is -1.15. The van der Waals surface area contributed by atoms with Gasteiger partial charge >= 0.3 is 0 Å². The van der Waals surface area contributed by atoms with Gasteiger partial charge in [-0.1, -0.05) is 90.1 Å². The summed E-state index contributed by atoms with van der Waals surface area (Å²) in [4.78, 5) is 26.4. The Hall–Kier alpha value is -4.10. The van der Waals surface area contributed by atoms with Crippen LogP contribution in [-0.4, -0.2) is 33.1 Å². The quantitative estimate of drug-likeness (QED) is 0.236. The third kappa shape index (κ3) is 5.41. The second kappa shape index (κ2) is 10.6. The highest BCUT2D eigenvalue weighted by atomic mass is 16.3. The molecule has 5 rings (SSSR count). The van der Waals surface area contributed by atoms with E-state index in [0.717, 1.165) is 22.3 Å². The van der Waals surface area contributed by atoms with Gasteiger partial charge in [-0.25, -0.2) is 0 Å². The number of fused-ring (bicyclic) bond motifs is 2. The first-order valence-electron chi connectivity index (χ1n) is 14.5. The molecule has 0 saturated carbocycles. The van der Waals surface area contributed by atoms with Gasteiger partial charge in [-0.2, -0.15) is 0 Å². The van der Waals surface area contributed by atoms with Gasteiger partial charge in [-0.05, 0) is 51.6 Å². The molecule has 0 fully saturated rings. The predicted octanol–water partition coefficient (Wildman–Crippen LogP) is 6.62. The summed E-state index contributed by atoms with van der Waals surface area (Å²) >= 11 is 0. The Kier molecular flexibility index (Phi) is 7.44. The molecule has 3 aromatic rings. The second-order valence-electron chi connectivity index (χ2n) is 13.5. The number of aromatic hydroxyl groups is 2. The molecular formula is C35H40N2O5. The molecule has 0 saturated heterocycles. The highest BCUT2D eigenvalue weighted by Gasteiger charge is 2.45. The number of nitrogens with one attached hydrogen (secondary N) is 2. The highest BCUT2D eigenvalue weighted by molar-refractivity contribution is 6.05. The van der Waals surface area contributed by atoms with Crippen LogP contribution in [0.2, 0.25) is 0 Å². The van der Waals surface area contributed by atoms with E-state index in [1.807, 2.05) is 42.5 Å². The summed E-state index contributed by atoms with van der Waals surface area (Å²) in [5.41, 5.74) is 4.91. The van der Waals surface area contributed by atoms with Crippen LogP contribution in [0.25, 0.3) is 6.08 Å². The number of aliphatic hydroxyl groups is 1. The average Bonchev–Trinajstić information content (AvgIpc) is 3.17. The highest BCUT2D eigenvalue weighted by Crippen LogP contribution is 2.45. The summed E-state index contributed by atoms with van der Waals surface area (Å²) in [5, 5.41) is 38.7. The van der Waals surface area contributed by atoms with E-state index >= 15 is 0 Å². The Bertz CT molecular complexity index is 1560. The molecule has 42 heavy (non-hydrogen) atoms. The van der Waals surface area contributed by atoms with E-state index in [2.05, 4.69) is 52.2 Å². The predicted molar refractivity (Wildman–Crippen MR) is 166 cm³/mol. The number of amides is 1. The van der Waals surface area contributed by atoms with E-state index in [0.29, 0.717) is 29.1 Å². The lowest BCUT2D eigenvalue weighted by Gasteiger charge is -2.30. The number of hydrogen-bond acceptors (Lipinski definition) is 6. The molecule has 7 nitrogen and oxygen atoms in total. The van der Waals surface area contributed by atoms with Gasteiger partial charge in [0.25, 0.3) is 0 Å².